The highest BCUT2D eigenvalue weighted by molar-refractivity contribution is 9.10. The number of hydrogen-bond donors (Lipinski definition) is 1. The van der Waals surface area contributed by atoms with Gasteiger partial charge in [-0.25, -0.2) is 4.98 Å². The number of rotatable bonds is 3. The monoisotopic (exact) mass is 339 g/mol. The third kappa shape index (κ3) is 2.55. The van der Waals surface area contributed by atoms with Gasteiger partial charge in [0.05, 0.1) is 12.5 Å². The molecule has 0 bridgehead atoms. The number of carbonyl (C=O) groups excluding carboxylic acids is 1. The number of nitrogens with zero attached hydrogens (tertiary/aromatic N) is 3. The molecular weight excluding hydrogens is 326 g/mol. The van der Waals surface area contributed by atoms with Crippen molar-refractivity contribution in [3.63, 3.8) is 0 Å². The Kier molecular flexibility index (Phi) is 3.71. The Morgan fingerprint density at radius 1 is 1.45 bits per heavy atom. The van der Waals surface area contributed by atoms with E-state index in [0.717, 1.165) is 6.42 Å². The maximum Gasteiger partial charge on any atom is 0.222 e. The second kappa shape index (κ2) is 5.49. The van der Waals surface area contributed by atoms with Crippen LogP contribution in [0.3, 0.4) is 0 Å². The van der Waals surface area contributed by atoms with Crippen molar-refractivity contribution in [2.24, 2.45) is 0 Å². The van der Waals surface area contributed by atoms with Crippen LogP contribution >= 0.6 is 15.9 Å². The predicted octanol–water partition coefficient (Wildman–Crippen LogP) is 1.68. The van der Waals surface area contributed by atoms with Gasteiger partial charge in [0.2, 0.25) is 11.8 Å². The third-order valence-corrected chi connectivity index (χ3v) is 3.90. The van der Waals surface area contributed by atoms with Crippen molar-refractivity contribution in [3.8, 4) is 0 Å². The third-order valence-electron chi connectivity index (χ3n) is 3.46. The molecule has 1 saturated heterocycles. The number of piperidine rings is 1. The summed E-state index contributed by atoms with van der Waals surface area (Å²) in [4.78, 5) is 22.0. The lowest BCUT2D eigenvalue weighted by molar-refractivity contribution is -0.134. The molecule has 3 rings (SSSR count). The van der Waals surface area contributed by atoms with Crippen molar-refractivity contribution >= 4 is 33.1 Å². The van der Waals surface area contributed by atoms with Gasteiger partial charge in [-0.05, 0) is 34.5 Å². The number of carbonyl (C=O) groups is 1. The quantitative estimate of drug-likeness (QED) is 0.860. The molecule has 2 aromatic heterocycles. The summed E-state index contributed by atoms with van der Waals surface area (Å²) < 4.78 is 6.44. The zero-order valence-electron chi connectivity index (χ0n) is 10.8. The number of halogens is 1. The number of fused-ring (bicyclic) bond motifs is 1. The van der Waals surface area contributed by atoms with Crippen LogP contribution in [0.2, 0.25) is 0 Å². The first-order chi connectivity index (χ1) is 9.67. The Balaban J connectivity index is 1.85. The highest BCUT2D eigenvalue weighted by Crippen LogP contribution is 2.29. The smallest absolute Gasteiger partial charge is 0.222 e. The number of oxazole rings is 1. The molecule has 3 heterocycles. The summed E-state index contributed by atoms with van der Waals surface area (Å²) in [6, 6.07) is 3.63. The van der Waals surface area contributed by atoms with Gasteiger partial charge in [0, 0.05) is 19.5 Å². The van der Waals surface area contributed by atoms with E-state index in [4.69, 9.17) is 9.52 Å². The Morgan fingerprint density at radius 2 is 2.30 bits per heavy atom. The van der Waals surface area contributed by atoms with Gasteiger partial charge in [-0.1, -0.05) is 0 Å². The Morgan fingerprint density at radius 3 is 3.10 bits per heavy atom. The van der Waals surface area contributed by atoms with Crippen LogP contribution in [0.5, 0.6) is 0 Å². The molecule has 20 heavy (non-hydrogen) atoms. The molecule has 1 atom stereocenters. The number of likely N-dealkylation sites (tertiary alicyclic amines) is 1. The zero-order chi connectivity index (χ0) is 14.1. The normalized spacial score (nSPS) is 19.8. The van der Waals surface area contributed by atoms with Crippen molar-refractivity contribution in [2.75, 3.05) is 19.7 Å². The van der Waals surface area contributed by atoms with Crippen LogP contribution in [0.4, 0.5) is 0 Å². The molecule has 106 valence electrons. The van der Waals surface area contributed by atoms with Crippen LogP contribution < -0.4 is 0 Å². The Hall–Kier alpha value is -1.47. The average Bonchev–Trinajstić information content (AvgIpc) is 2.84. The van der Waals surface area contributed by atoms with Gasteiger partial charge in [0.15, 0.2) is 11.2 Å². The maximum atomic E-state index is 11.7. The topological polar surface area (TPSA) is 79.5 Å². The molecule has 0 aromatic carbocycles. The van der Waals surface area contributed by atoms with Crippen LogP contribution in [-0.4, -0.2) is 45.6 Å². The lowest BCUT2D eigenvalue weighted by atomic mass is 9.97. The van der Waals surface area contributed by atoms with E-state index in [-0.39, 0.29) is 18.4 Å². The van der Waals surface area contributed by atoms with E-state index in [9.17, 15) is 4.79 Å². The molecule has 1 fully saturated rings. The van der Waals surface area contributed by atoms with Gasteiger partial charge in [0.1, 0.15) is 4.60 Å². The molecule has 1 aliphatic heterocycles. The molecule has 0 saturated carbocycles. The summed E-state index contributed by atoms with van der Waals surface area (Å²) in [6.45, 7) is 0.868. The van der Waals surface area contributed by atoms with E-state index >= 15 is 0 Å². The summed E-state index contributed by atoms with van der Waals surface area (Å²) in [5.41, 5.74) is 1.22. The van der Waals surface area contributed by atoms with Gasteiger partial charge in [-0.15, -0.1) is 0 Å². The lowest BCUT2D eigenvalue weighted by Crippen LogP contribution is -2.40. The first kappa shape index (κ1) is 13.5. The lowest BCUT2D eigenvalue weighted by Gasteiger charge is -2.30. The molecule has 0 radical (unpaired) electrons. The molecule has 7 heteroatoms. The number of amides is 1. The standard InChI is InChI=1S/C13H14BrN3O3/c14-10-3-2-9-12(15-10)16-13(20-9)8-1-4-11(19)17(7-8)5-6-18/h2-3,8,18H,1,4-7H2. The second-order valence-electron chi connectivity index (χ2n) is 4.81. The Labute approximate surface area is 123 Å². The zero-order valence-corrected chi connectivity index (χ0v) is 12.3. The SMILES string of the molecule is O=C1CCC(c2nc3nc(Br)ccc3o2)CN1CCO. The van der Waals surface area contributed by atoms with E-state index in [2.05, 4.69) is 25.9 Å². The fourth-order valence-electron chi connectivity index (χ4n) is 2.44. The molecule has 1 unspecified atom stereocenters. The van der Waals surface area contributed by atoms with Crippen LogP contribution in [0.25, 0.3) is 11.2 Å². The molecule has 2 aromatic rings. The van der Waals surface area contributed by atoms with Crippen molar-refractivity contribution in [1.82, 2.24) is 14.9 Å². The van der Waals surface area contributed by atoms with Crippen molar-refractivity contribution < 1.29 is 14.3 Å². The van der Waals surface area contributed by atoms with Crippen molar-refractivity contribution in [1.29, 1.82) is 0 Å². The molecule has 0 spiro atoms. The van der Waals surface area contributed by atoms with Crippen LogP contribution in [0.1, 0.15) is 24.7 Å². The summed E-state index contributed by atoms with van der Waals surface area (Å²) in [5, 5.41) is 8.99. The second-order valence-corrected chi connectivity index (χ2v) is 5.62. The minimum absolute atomic E-state index is 0.0273. The highest BCUT2D eigenvalue weighted by atomic mass is 79.9. The fraction of sp³-hybridized carbons (Fsp3) is 0.462. The molecule has 1 N–H and O–H groups in total. The fourth-order valence-corrected chi connectivity index (χ4v) is 2.74. The largest absolute Gasteiger partial charge is 0.439 e. The number of aromatic nitrogens is 2. The maximum absolute atomic E-state index is 11.7. The first-order valence-corrected chi connectivity index (χ1v) is 7.28. The molecule has 0 aliphatic carbocycles. The molecular formula is C13H14BrN3O3. The van der Waals surface area contributed by atoms with Crippen molar-refractivity contribution in [3.05, 3.63) is 22.6 Å². The van der Waals surface area contributed by atoms with E-state index in [0.29, 0.717) is 41.2 Å². The number of pyridine rings is 1. The number of aliphatic hydroxyl groups is 1. The van der Waals surface area contributed by atoms with E-state index in [1.807, 2.05) is 6.07 Å². The summed E-state index contributed by atoms with van der Waals surface area (Å²) in [6.07, 6.45) is 1.18. The van der Waals surface area contributed by atoms with Gasteiger partial charge >= 0.3 is 0 Å². The van der Waals surface area contributed by atoms with E-state index in [1.54, 1.807) is 11.0 Å². The van der Waals surface area contributed by atoms with Crippen LogP contribution in [-0.2, 0) is 4.79 Å². The number of β-amino-alcohol motifs (C(OH)–C–C–N with tert-alkyl or cyclic N) is 1. The predicted molar refractivity (Wildman–Crippen MR) is 75.1 cm³/mol. The average molecular weight is 340 g/mol. The van der Waals surface area contributed by atoms with E-state index < -0.39 is 0 Å². The first-order valence-electron chi connectivity index (χ1n) is 6.49. The van der Waals surface area contributed by atoms with Gasteiger partial charge in [-0.3, -0.25) is 4.79 Å². The van der Waals surface area contributed by atoms with Gasteiger partial charge in [0.25, 0.3) is 0 Å². The van der Waals surface area contributed by atoms with Crippen LogP contribution in [0, 0.1) is 0 Å². The van der Waals surface area contributed by atoms with Crippen molar-refractivity contribution in [2.45, 2.75) is 18.8 Å². The highest BCUT2D eigenvalue weighted by Gasteiger charge is 2.29. The van der Waals surface area contributed by atoms with Crippen LogP contribution in [0.15, 0.2) is 21.2 Å². The minimum atomic E-state index is -0.0273. The summed E-state index contributed by atoms with van der Waals surface area (Å²) in [7, 11) is 0. The van der Waals surface area contributed by atoms with Gasteiger partial charge < -0.3 is 14.4 Å². The number of hydrogen-bond acceptors (Lipinski definition) is 5. The van der Waals surface area contributed by atoms with Gasteiger partial charge in [-0.2, -0.15) is 4.98 Å². The summed E-state index contributed by atoms with van der Waals surface area (Å²) in [5.74, 6) is 0.751. The molecule has 1 aliphatic rings. The summed E-state index contributed by atoms with van der Waals surface area (Å²) >= 11 is 3.30. The molecule has 1 amide bonds. The Bertz CT molecular complexity index is 643. The minimum Gasteiger partial charge on any atom is -0.439 e. The molecule has 6 nitrogen and oxygen atoms in total. The number of aliphatic hydroxyl groups excluding tert-OH is 1. The van der Waals surface area contributed by atoms with E-state index in [1.165, 1.54) is 0 Å².